The van der Waals surface area contributed by atoms with Crippen molar-refractivity contribution in [2.45, 2.75) is 46.2 Å². The van der Waals surface area contributed by atoms with Gasteiger partial charge in [0.15, 0.2) is 0 Å². The molecule has 6 nitrogen and oxygen atoms in total. The van der Waals surface area contributed by atoms with Crippen molar-refractivity contribution < 1.29 is 0 Å². The number of pyridine rings is 1. The van der Waals surface area contributed by atoms with Crippen molar-refractivity contribution in [3.63, 3.8) is 0 Å². The van der Waals surface area contributed by atoms with E-state index in [1.807, 2.05) is 0 Å². The summed E-state index contributed by atoms with van der Waals surface area (Å²) in [6, 6.07) is 14.6. The number of fused-ring (bicyclic) bond motifs is 1. The van der Waals surface area contributed by atoms with Gasteiger partial charge in [-0.25, -0.2) is 4.98 Å². The molecule has 3 rings (SSSR count). The van der Waals surface area contributed by atoms with Gasteiger partial charge in [-0.1, -0.05) is 46.3 Å². The van der Waals surface area contributed by atoms with Gasteiger partial charge in [0.05, 0.1) is 16.6 Å². The molecule has 7 heteroatoms. The van der Waals surface area contributed by atoms with Crippen LogP contribution in [0.3, 0.4) is 0 Å². The zero-order valence-electron chi connectivity index (χ0n) is 20.9. The summed E-state index contributed by atoms with van der Waals surface area (Å²) in [7, 11) is 1.21. The molecule has 2 aromatic heterocycles. The van der Waals surface area contributed by atoms with Crippen LogP contribution in [0.2, 0.25) is 0 Å². The van der Waals surface area contributed by atoms with E-state index in [0.717, 1.165) is 83.0 Å². The molecule has 0 saturated heterocycles. The SMILES string of the molecule is CCCN(CCNCCCNCc1nc2ccccc2cp1)CCNCc1cccc(CC)n1. The first-order chi connectivity index (χ1) is 16.8. The number of hydrogen-bond acceptors (Lipinski definition) is 6. The monoisotopic (exact) mass is 480 g/mol. The van der Waals surface area contributed by atoms with E-state index in [9.17, 15) is 0 Å². The molecule has 3 N–H and O–H groups in total. The number of benzene rings is 1. The zero-order chi connectivity index (χ0) is 23.8. The second-order valence-electron chi connectivity index (χ2n) is 8.62. The molecule has 1 aromatic carbocycles. The molecule has 0 aliphatic rings. The predicted molar refractivity (Wildman–Crippen MR) is 146 cm³/mol. The van der Waals surface area contributed by atoms with Crippen molar-refractivity contribution >= 4 is 19.1 Å². The summed E-state index contributed by atoms with van der Waals surface area (Å²) in [5.74, 6) is 2.25. The number of nitrogens with zero attached hydrogens (tertiary/aromatic N) is 3. The topological polar surface area (TPSA) is 65.1 Å². The first-order valence-electron chi connectivity index (χ1n) is 12.8. The van der Waals surface area contributed by atoms with Crippen LogP contribution in [0.5, 0.6) is 0 Å². The minimum absolute atomic E-state index is 0.843. The average molecular weight is 481 g/mol. The minimum atomic E-state index is 0.843. The van der Waals surface area contributed by atoms with Gasteiger partial charge in [-0.15, -0.1) is 0 Å². The Morgan fingerprint density at radius 2 is 1.53 bits per heavy atom. The number of hydrogen-bond donors (Lipinski definition) is 3. The molecule has 0 spiro atoms. The lowest BCUT2D eigenvalue weighted by molar-refractivity contribution is 0.272. The molecule has 184 valence electrons. The summed E-state index contributed by atoms with van der Waals surface area (Å²) < 4.78 is 0. The normalized spacial score (nSPS) is 11.7. The molecule has 0 radical (unpaired) electrons. The molecule has 2 heterocycles. The molecular weight excluding hydrogens is 439 g/mol. The van der Waals surface area contributed by atoms with Crippen LogP contribution in [0.15, 0.2) is 48.3 Å². The Bertz CT molecular complexity index is 967. The van der Waals surface area contributed by atoms with Crippen LogP contribution in [0.25, 0.3) is 10.9 Å². The number of rotatable bonds is 17. The molecular formula is C27H41N6P. The molecule has 34 heavy (non-hydrogen) atoms. The second-order valence-corrected chi connectivity index (χ2v) is 9.65. The van der Waals surface area contributed by atoms with Gasteiger partial charge in [0.2, 0.25) is 0 Å². The van der Waals surface area contributed by atoms with Gasteiger partial charge in [0, 0.05) is 50.3 Å². The Balaban J connectivity index is 1.22. The summed E-state index contributed by atoms with van der Waals surface area (Å²) >= 11 is 0. The lowest BCUT2D eigenvalue weighted by Crippen LogP contribution is -2.37. The van der Waals surface area contributed by atoms with E-state index in [4.69, 9.17) is 4.98 Å². The van der Waals surface area contributed by atoms with Gasteiger partial charge < -0.3 is 20.9 Å². The standard InChI is InChI=1S/C27H41N6P/c1-3-17-33(19-16-30-20-25-11-7-10-24(4-2)31-25)18-15-28-13-8-14-29-21-27-32-26-12-6-5-9-23(26)22-34-27/h5-7,9-12,22,28-30H,3-4,8,13-21H2,1-2H3. The summed E-state index contributed by atoms with van der Waals surface area (Å²) in [5, 5.41) is 11.9. The van der Waals surface area contributed by atoms with Crippen molar-refractivity contribution in [1.29, 1.82) is 0 Å². The van der Waals surface area contributed by atoms with Gasteiger partial charge in [-0.2, -0.15) is 0 Å². The van der Waals surface area contributed by atoms with Crippen LogP contribution in [0.1, 0.15) is 43.5 Å². The molecule has 0 unspecified atom stereocenters. The molecule has 0 atom stereocenters. The largest absolute Gasteiger partial charge is 0.315 e. The van der Waals surface area contributed by atoms with Crippen molar-refractivity contribution in [3.05, 3.63) is 65.1 Å². The summed E-state index contributed by atoms with van der Waals surface area (Å²) in [6.45, 7) is 13.5. The number of nitrogens with one attached hydrogen (secondary N) is 3. The number of para-hydroxylation sites is 1. The Morgan fingerprint density at radius 3 is 2.38 bits per heavy atom. The van der Waals surface area contributed by atoms with E-state index in [0.29, 0.717) is 0 Å². The van der Waals surface area contributed by atoms with E-state index >= 15 is 0 Å². The highest BCUT2D eigenvalue weighted by Gasteiger charge is 2.04. The fourth-order valence-electron chi connectivity index (χ4n) is 3.93. The summed E-state index contributed by atoms with van der Waals surface area (Å²) in [5.41, 5.74) is 4.59. The van der Waals surface area contributed by atoms with E-state index in [1.54, 1.807) is 0 Å². The molecule has 0 amide bonds. The third-order valence-electron chi connectivity index (χ3n) is 5.81. The molecule has 0 bridgehead atoms. The van der Waals surface area contributed by atoms with Crippen LogP contribution in [0.4, 0.5) is 0 Å². The molecule has 0 aliphatic heterocycles. The maximum absolute atomic E-state index is 4.77. The Morgan fingerprint density at radius 1 is 0.765 bits per heavy atom. The van der Waals surface area contributed by atoms with Crippen LogP contribution < -0.4 is 16.0 Å². The van der Waals surface area contributed by atoms with Crippen molar-refractivity contribution in [2.75, 3.05) is 45.8 Å². The Hall–Kier alpha value is -1.95. The highest BCUT2D eigenvalue weighted by molar-refractivity contribution is 7.30. The van der Waals surface area contributed by atoms with Gasteiger partial charge >= 0.3 is 0 Å². The van der Waals surface area contributed by atoms with Crippen molar-refractivity contribution in [2.24, 2.45) is 0 Å². The van der Waals surface area contributed by atoms with E-state index in [2.05, 4.69) is 87.9 Å². The van der Waals surface area contributed by atoms with Crippen LogP contribution in [-0.2, 0) is 19.5 Å². The quantitative estimate of drug-likeness (QED) is 0.250. The molecule has 0 fully saturated rings. The highest BCUT2D eigenvalue weighted by Crippen LogP contribution is 2.19. The van der Waals surface area contributed by atoms with E-state index in [-0.39, 0.29) is 0 Å². The predicted octanol–water partition coefficient (Wildman–Crippen LogP) is 4.34. The average Bonchev–Trinajstić information content (AvgIpc) is 2.88. The zero-order valence-corrected chi connectivity index (χ0v) is 21.8. The molecule has 0 saturated carbocycles. The summed E-state index contributed by atoms with van der Waals surface area (Å²) in [6.07, 6.45) is 3.31. The first kappa shape index (κ1) is 26.7. The van der Waals surface area contributed by atoms with Gasteiger partial charge in [0.1, 0.15) is 0 Å². The van der Waals surface area contributed by atoms with Gasteiger partial charge in [0.25, 0.3) is 0 Å². The van der Waals surface area contributed by atoms with Gasteiger partial charge in [-0.3, -0.25) is 4.98 Å². The third kappa shape index (κ3) is 9.73. The number of aromatic nitrogens is 2. The Labute approximate surface area is 207 Å². The smallest absolute Gasteiger partial charge is 0.0816 e. The first-order valence-corrected chi connectivity index (χ1v) is 13.7. The van der Waals surface area contributed by atoms with Crippen LogP contribution >= 0.6 is 8.19 Å². The molecule has 0 aliphatic carbocycles. The van der Waals surface area contributed by atoms with Crippen molar-refractivity contribution in [3.8, 4) is 0 Å². The number of aryl methyl sites for hydroxylation is 1. The fraction of sp³-hybridized carbons (Fsp3) is 0.519. The maximum atomic E-state index is 4.77. The van der Waals surface area contributed by atoms with E-state index in [1.165, 1.54) is 31.1 Å². The lowest BCUT2D eigenvalue weighted by Gasteiger charge is -2.22. The second kappa shape index (κ2) is 15.9. The highest BCUT2D eigenvalue weighted by atomic mass is 31.0. The summed E-state index contributed by atoms with van der Waals surface area (Å²) in [4.78, 5) is 12.0. The van der Waals surface area contributed by atoms with Crippen LogP contribution in [0, 0.1) is 0 Å². The lowest BCUT2D eigenvalue weighted by atomic mass is 10.2. The Kier molecular flexibility index (Phi) is 12.4. The third-order valence-corrected chi connectivity index (χ3v) is 6.77. The maximum Gasteiger partial charge on any atom is 0.0816 e. The van der Waals surface area contributed by atoms with Gasteiger partial charge in [-0.05, 0) is 62.9 Å². The van der Waals surface area contributed by atoms with Crippen LogP contribution in [-0.4, -0.2) is 60.7 Å². The minimum Gasteiger partial charge on any atom is -0.315 e. The van der Waals surface area contributed by atoms with Crippen molar-refractivity contribution in [1.82, 2.24) is 30.8 Å². The molecule has 3 aromatic rings. The fourth-order valence-corrected chi connectivity index (χ4v) is 4.80. The van der Waals surface area contributed by atoms with E-state index < -0.39 is 0 Å².